The number of aryl methyl sites for hydroxylation is 1. The molecule has 2 aromatic carbocycles. The zero-order valence-electron chi connectivity index (χ0n) is 15.2. The molecule has 3 aromatic rings. The average molecular weight is 397 g/mol. The zero-order chi connectivity index (χ0) is 18.9. The highest BCUT2D eigenvalue weighted by atomic mass is 35.5. The van der Waals surface area contributed by atoms with Gasteiger partial charge in [0.25, 0.3) is 0 Å². The molecule has 0 bridgehead atoms. The minimum atomic E-state index is -1.21. The molecule has 1 unspecified atom stereocenters. The smallest absolute Gasteiger partial charge is 0.324 e. The number of fused-ring (bicyclic) bond motifs is 1. The van der Waals surface area contributed by atoms with Crippen molar-refractivity contribution in [2.75, 3.05) is 0 Å². The van der Waals surface area contributed by atoms with Gasteiger partial charge in [0.15, 0.2) is 0 Å². The number of aliphatic carboxylic acids is 1. The van der Waals surface area contributed by atoms with Gasteiger partial charge in [0.2, 0.25) is 0 Å². The van der Waals surface area contributed by atoms with Crippen molar-refractivity contribution < 1.29 is 14.6 Å². The average Bonchev–Trinajstić information content (AvgIpc) is 2.69. The van der Waals surface area contributed by atoms with Crippen LogP contribution >= 0.6 is 12.4 Å². The largest absolute Gasteiger partial charge is 0.480 e. The second-order valence-corrected chi connectivity index (χ2v) is 6.88. The SMILES string of the molecule is Cl.NC1(C(=O)O)CCc2ccc(Oc3ccccc3-c3ccccn3)cc2C1. The lowest BCUT2D eigenvalue weighted by Crippen LogP contribution is -2.52. The van der Waals surface area contributed by atoms with E-state index in [4.69, 9.17) is 10.5 Å². The summed E-state index contributed by atoms with van der Waals surface area (Å²) in [4.78, 5) is 15.9. The highest BCUT2D eigenvalue weighted by Crippen LogP contribution is 2.35. The summed E-state index contributed by atoms with van der Waals surface area (Å²) in [6.07, 6.45) is 3.15. The lowest BCUT2D eigenvalue weighted by atomic mass is 9.78. The first-order valence-corrected chi connectivity index (χ1v) is 8.87. The molecule has 28 heavy (non-hydrogen) atoms. The Kier molecular flexibility index (Phi) is 5.68. The van der Waals surface area contributed by atoms with Crippen LogP contribution in [-0.2, 0) is 17.6 Å². The van der Waals surface area contributed by atoms with E-state index in [0.717, 1.165) is 22.4 Å². The van der Waals surface area contributed by atoms with Crippen LogP contribution in [0.5, 0.6) is 11.5 Å². The number of nitrogens with zero attached hydrogens (tertiary/aromatic N) is 1. The predicted octanol–water partition coefficient (Wildman–Crippen LogP) is 4.23. The van der Waals surface area contributed by atoms with Crippen LogP contribution in [0.3, 0.4) is 0 Å². The van der Waals surface area contributed by atoms with Gasteiger partial charge in [0, 0.05) is 18.2 Å². The van der Waals surface area contributed by atoms with Crippen LogP contribution < -0.4 is 10.5 Å². The molecule has 0 saturated carbocycles. The number of aromatic nitrogens is 1. The summed E-state index contributed by atoms with van der Waals surface area (Å²) in [5, 5.41) is 9.43. The number of halogens is 1. The monoisotopic (exact) mass is 396 g/mol. The minimum absolute atomic E-state index is 0. The van der Waals surface area contributed by atoms with Gasteiger partial charge in [-0.15, -0.1) is 12.4 Å². The van der Waals surface area contributed by atoms with E-state index in [0.29, 0.717) is 30.8 Å². The van der Waals surface area contributed by atoms with Crippen molar-refractivity contribution in [2.45, 2.75) is 24.8 Å². The van der Waals surface area contributed by atoms with Crippen molar-refractivity contribution in [3.05, 3.63) is 78.0 Å². The van der Waals surface area contributed by atoms with Crippen LogP contribution in [0.25, 0.3) is 11.3 Å². The molecule has 144 valence electrons. The maximum absolute atomic E-state index is 11.5. The first-order chi connectivity index (χ1) is 13.0. The highest BCUT2D eigenvalue weighted by Gasteiger charge is 2.37. The van der Waals surface area contributed by atoms with Gasteiger partial charge in [0.1, 0.15) is 17.0 Å². The van der Waals surface area contributed by atoms with E-state index >= 15 is 0 Å². The number of para-hydroxylation sites is 1. The van der Waals surface area contributed by atoms with E-state index < -0.39 is 11.5 Å². The number of rotatable bonds is 4. The van der Waals surface area contributed by atoms with Crippen molar-refractivity contribution >= 4 is 18.4 Å². The van der Waals surface area contributed by atoms with Gasteiger partial charge in [-0.25, -0.2) is 0 Å². The molecule has 1 aliphatic carbocycles. The molecule has 6 heteroatoms. The Morgan fingerprint density at radius 2 is 1.86 bits per heavy atom. The van der Waals surface area contributed by atoms with Crippen LogP contribution in [0, 0.1) is 0 Å². The second kappa shape index (κ2) is 8.00. The third kappa shape index (κ3) is 3.86. The summed E-state index contributed by atoms with van der Waals surface area (Å²) in [5.41, 5.74) is 8.65. The van der Waals surface area contributed by atoms with Gasteiger partial charge in [-0.05, 0) is 60.4 Å². The number of benzene rings is 2. The third-order valence-corrected chi connectivity index (χ3v) is 5.01. The lowest BCUT2D eigenvalue weighted by molar-refractivity contribution is -0.143. The van der Waals surface area contributed by atoms with Gasteiger partial charge in [-0.1, -0.05) is 24.3 Å². The molecule has 1 heterocycles. The van der Waals surface area contributed by atoms with E-state index in [1.54, 1.807) is 6.20 Å². The van der Waals surface area contributed by atoms with Crippen molar-refractivity contribution in [3.63, 3.8) is 0 Å². The summed E-state index contributed by atoms with van der Waals surface area (Å²) in [5.74, 6) is 0.399. The maximum Gasteiger partial charge on any atom is 0.324 e. The number of carboxylic acids is 1. The molecular formula is C22H21ClN2O3. The first-order valence-electron chi connectivity index (χ1n) is 8.87. The van der Waals surface area contributed by atoms with Gasteiger partial charge in [0.05, 0.1) is 5.69 Å². The molecule has 4 rings (SSSR count). The Hall–Kier alpha value is -2.89. The fraction of sp³-hybridized carbons (Fsp3) is 0.182. The van der Waals surface area contributed by atoms with E-state index in [2.05, 4.69) is 4.98 Å². The number of nitrogens with two attached hydrogens (primary N) is 1. The summed E-state index contributed by atoms with van der Waals surface area (Å²) in [6, 6.07) is 19.3. The Morgan fingerprint density at radius 3 is 2.61 bits per heavy atom. The molecule has 0 fully saturated rings. The van der Waals surface area contributed by atoms with Gasteiger partial charge >= 0.3 is 5.97 Å². The fourth-order valence-corrected chi connectivity index (χ4v) is 3.46. The zero-order valence-corrected chi connectivity index (χ0v) is 16.0. The molecule has 0 saturated heterocycles. The predicted molar refractivity (Wildman–Crippen MR) is 110 cm³/mol. The summed E-state index contributed by atoms with van der Waals surface area (Å²) >= 11 is 0. The summed E-state index contributed by atoms with van der Waals surface area (Å²) < 4.78 is 6.13. The summed E-state index contributed by atoms with van der Waals surface area (Å²) in [7, 11) is 0. The Balaban J connectivity index is 0.00000225. The van der Waals surface area contributed by atoms with Crippen LogP contribution in [0.15, 0.2) is 66.9 Å². The van der Waals surface area contributed by atoms with E-state index in [9.17, 15) is 9.90 Å². The normalized spacial score (nSPS) is 17.9. The van der Waals surface area contributed by atoms with Crippen LogP contribution in [0.4, 0.5) is 0 Å². The van der Waals surface area contributed by atoms with Crippen molar-refractivity contribution in [3.8, 4) is 22.8 Å². The standard InChI is InChI=1S/C22H20N2O3.ClH/c23-22(21(25)26)11-10-15-8-9-17(13-16(15)14-22)27-20-7-2-1-5-18(20)19-6-3-4-12-24-19;/h1-9,12-13H,10-11,14,23H2,(H,25,26);1H. The number of hydrogen-bond acceptors (Lipinski definition) is 4. The number of ether oxygens (including phenoxy) is 1. The van der Waals surface area contributed by atoms with Gasteiger partial charge in [-0.2, -0.15) is 0 Å². The Labute approximate surface area is 169 Å². The number of carboxylic acid groups (broad SMARTS) is 1. The quantitative estimate of drug-likeness (QED) is 0.689. The lowest BCUT2D eigenvalue weighted by Gasteiger charge is -2.31. The molecule has 1 atom stereocenters. The van der Waals surface area contributed by atoms with Crippen molar-refractivity contribution in [1.82, 2.24) is 4.98 Å². The first kappa shape index (κ1) is 19.9. The van der Waals surface area contributed by atoms with Crippen LogP contribution in [0.2, 0.25) is 0 Å². The number of pyridine rings is 1. The summed E-state index contributed by atoms with van der Waals surface area (Å²) in [6.45, 7) is 0. The second-order valence-electron chi connectivity index (χ2n) is 6.88. The maximum atomic E-state index is 11.5. The topological polar surface area (TPSA) is 85.4 Å². The number of hydrogen-bond donors (Lipinski definition) is 2. The fourth-order valence-electron chi connectivity index (χ4n) is 3.46. The van der Waals surface area contributed by atoms with Crippen LogP contribution in [0.1, 0.15) is 17.5 Å². The van der Waals surface area contributed by atoms with E-state index in [-0.39, 0.29) is 12.4 Å². The highest BCUT2D eigenvalue weighted by molar-refractivity contribution is 5.85. The van der Waals surface area contributed by atoms with Crippen molar-refractivity contribution in [1.29, 1.82) is 0 Å². The van der Waals surface area contributed by atoms with E-state index in [1.165, 1.54) is 0 Å². The number of carbonyl (C=O) groups is 1. The third-order valence-electron chi connectivity index (χ3n) is 5.01. The van der Waals surface area contributed by atoms with Gasteiger partial charge in [-0.3, -0.25) is 9.78 Å². The molecule has 3 N–H and O–H groups in total. The van der Waals surface area contributed by atoms with Crippen molar-refractivity contribution in [2.24, 2.45) is 5.73 Å². The van der Waals surface area contributed by atoms with Crippen LogP contribution in [-0.4, -0.2) is 21.6 Å². The van der Waals surface area contributed by atoms with Gasteiger partial charge < -0.3 is 15.6 Å². The minimum Gasteiger partial charge on any atom is -0.480 e. The molecular weight excluding hydrogens is 376 g/mol. The molecule has 0 radical (unpaired) electrons. The molecule has 0 amide bonds. The molecule has 1 aromatic heterocycles. The molecule has 0 aliphatic heterocycles. The Morgan fingerprint density at radius 1 is 1.07 bits per heavy atom. The molecule has 0 spiro atoms. The molecule has 5 nitrogen and oxygen atoms in total. The molecule has 1 aliphatic rings. The Bertz CT molecular complexity index is 994. The van der Waals surface area contributed by atoms with E-state index in [1.807, 2.05) is 60.7 Å².